The van der Waals surface area contributed by atoms with Crippen LogP contribution in [0.15, 0.2) is 36.4 Å². The van der Waals surface area contributed by atoms with E-state index in [1.165, 1.54) is 17.0 Å². The standard InChI is InChI=1S/C21H20ClFN2O4/c22-13-3-5-15(16(23)9-13)21(28)25-8-7-19(18(26)11-25)29-14-4-1-12-2-6-20(27)24-17(12)10-14/h1,3-5,9-10,18-19,26H,2,6-8,11H2,(H,24,27)/t18-,19-/m1/s1. The monoisotopic (exact) mass is 418 g/mol. The number of halogens is 2. The highest BCUT2D eigenvalue weighted by Gasteiger charge is 2.33. The number of carbonyl (C=O) groups excluding carboxylic acids is 2. The van der Waals surface area contributed by atoms with Gasteiger partial charge in [-0.2, -0.15) is 0 Å². The van der Waals surface area contributed by atoms with E-state index in [1.54, 1.807) is 6.07 Å². The van der Waals surface area contributed by atoms with Crippen molar-refractivity contribution in [1.29, 1.82) is 0 Å². The number of fused-ring (bicyclic) bond motifs is 1. The Morgan fingerprint density at radius 2 is 2.07 bits per heavy atom. The lowest BCUT2D eigenvalue weighted by Gasteiger charge is -2.36. The van der Waals surface area contributed by atoms with Crippen LogP contribution in [0.2, 0.25) is 5.02 Å². The van der Waals surface area contributed by atoms with Gasteiger partial charge in [0.15, 0.2) is 0 Å². The normalized spacial score (nSPS) is 21.3. The number of piperidine rings is 1. The van der Waals surface area contributed by atoms with Gasteiger partial charge in [0.05, 0.1) is 12.1 Å². The van der Waals surface area contributed by atoms with Crippen LogP contribution in [0, 0.1) is 5.82 Å². The highest BCUT2D eigenvalue weighted by atomic mass is 35.5. The van der Waals surface area contributed by atoms with E-state index in [4.69, 9.17) is 16.3 Å². The second-order valence-electron chi connectivity index (χ2n) is 7.25. The molecular weight excluding hydrogens is 399 g/mol. The molecular formula is C21H20ClFN2O4. The summed E-state index contributed by atoms with van der Waals surface area (Å²) in [5.41, 5.74) is 1.69. The van der Waals surface area contributed by atoms with Crippen LogP contribution in [0.4, 0.5) is 10.1 Å². The molecule has 2 aromatic carbocycles. The fraction of sp³-hybridized carbons (Fsp3) is 0.333. The number of amides is 2. The summed E-state index contributed by atoms with van der Waals surface area (Å²) in [6, 6.07) is 9.35. The van der Waals surface area contributed by atoms with Gasteiger partial charge < -0.3 is 20.1 Å². The molecule has 152 valence electrons. The van der Waals surface area contributed by atoms with Crippen LogP contribution >= 0.6 is 11.6 Å². The Bertz CT molecular complexity index is 968. The molecule has 1 saturated heterocycles. The number of rotatable bonds is 3. The van der Waals surface area contributed by atoms with Crippen molar-refractivity contribution in [3.05, 3.63) is 58.4 Å². The summed E-state index contributed by atoms with van der Waals surface area (Å²) < 4.78 is 19.9. The molecule has 2 amide bonds. The van der Waals surface area contributed by atoms with Gasteiger partial charge in [-0.25, -0.2) is 4.39 Å². The zero-order valence-electron chi connectivity index (χ0n) is 15.5. The molecule has 0 radical (unpaired) electrons. The summed E-state index contributed by atoms with van der Waals surface area (Å²) in [5.74, 6) is -0.672. The molecule has 1 fully saturated rings. The lowest BCUT2D eigenvalue weighted by Crippen LogP contribution is -2.51. The van der Waals surface area contributed by atoms with Gasteiger partial charge in [0.2, 0.25) is 5.91 Å². The highest BCUT2D eigenvalue weighted by molar-refractivity contribution is 6.30. The van der Waals surface area contributed by atoms with Crippen LogP contribution in [-0.2, 0) is 11.2 Å². The molecule has 0 saturated carbocycles. The lowest BCUT2D eigenvalue weighted by atomic mass is 10.0. The van der Waals surface area contributed by atoms with Gasteiger partial charge in [-0.05, 0) is 36.2 Å². The smallest absolute Gasteiger partial charge is 0.256 e. The van der Waals surface area contributed by atoms with Crippen molar-refractivity contribution in [3.63, 3.8) is 0 Å². The quantitative estimate of drug-likeness (QED) is 0.803. The number of hydrogen-bond donors (Lipinski definition) is 2. The predicted octanol–water partition coefficient (Wildman–Crippen LogP) is 3.02. The Labute approximate surface area is 172 Å². The number of nitrogens with one attached hydrogen (secondary N) is 1. The number of nitrogens with zero attached hydrogens (tertiary/aromatic N) is 1. The molecule has 6 nitrogen and oxygen atoms in total. The van der Waals surface area contributed by atoms with E-state index >= 15 is 0 Å². The van der Waals surface area contributed by atoms with E-state index in [-0.39, 0.29) is 23.0 Å². The van der Waals surface area contributed by atoms with Crippen molar-refractivity contribution >= 4 is 29.1 Å². The highest BCUT2D eigenvalue weighted by Crippen LogP contribution is 2.29. The number of β-amino-alcohol motifs (C(OH)–C–C–N with tert-alkyl or cyclic N) is 1. The van der Waals surface area contributed by atoms with Crippen molar-refractivity contribution in [2.45, 2.75) is 31.5 Å². The van der Waals surface area contributed by atoms with E-state index < -0.39 is 23.9 Å². The van der Waals surface area contributed by atoms with Crippen LogP contribution in [-0.4, -0.2) is 47.1 Å². The Balaban J connectivity index is 1.41. The summed E-state index contributed by atoms with van der Waals surface area (Å²) in [6.07, 6.45) is 0.115. The number of aliphatic hydroxyl groups is 1. The largest absolute Gasteiger partial charge is 0.488 e. The van der Waals surface area contributed by atoms with Crippen molar-refractivity contribution in [2.75, 3.05) is 18.4 Å². The van der Waals surface area contributed by atoms with Crippen LogP contribution in [0.25, 0.3) is 0 Å². The molecule has 29 heavy (non-hydrogen) atoms. The van der Waals surface area contributed by atoms with Crippen molar-refractivity contribution in [1.82, 2.24) is 4.90 Å². The average Bonchev–Trinajstić information content (AvgIpc) is 2.69. The van der Waals surface area contributed by atoms with Crippen LogP contribution in [0.1, 0.15) is 28.8 Å². The van der Waals surface area contributed by atoms with Gasteiger partial charge in [-0.15, -0.1) is 0 Å². The maximum absolute atomic E-state index is 14.0. The molecule has 2 heterocycles. The van der Waals surface area contributed by atoms with Gasteiger partial charge >= 0.3 is 0 Å². The molecule has 0 spiro atoms. The summed E-state index contributed by atoms with van der Waals surface area (Å²) >= 11 is 5.73. The van der Waals surface area contributed by atoms with E-state index in [0.29, 0.717) is 31.6 Å². The Hall–Kier alpha value is -2.64. The lowest BCUT2D eigenvalue weighted by molar-refractivity contribution is -0.116. The van der Waals surface area contributed by atoms with Crippen LogP contribution in [0.5, 0.6) is 5.75 Å². The number of ether oxygens (including phenoxy) is 1. The first-order valence-corrected chi connectivity index (χ1v) is 9.80. The number of aliphatic hydroxyl groups excluding tert-OH is 1. The third kappa shape index (κ3) is 4.21. The molecule has 0 aromatic heterocycles. The average molecular weight is 419 g/mol. The minimum Gasteiger partial charge on any atom is -0.488 e. The molecule has 0 bridgehead atoms. The minimum atomic E-state index is -0.923. The number of carbonyl (C=O) groups is 2. The number of benzene rings is 2. The number of hydrogen-bond acceptors (Lipinski definition) is 4. The SMILES string of the molecule is O=C1CCc2ccc(O[C@@H]3CCN(C(=O)c4ccc(Cl)cc4F)C[C@H]3O)cc2N1. The summed E-state index contributed by atoms with van der Waals surface area (Å²) in [5, 5.41) is 13.5. The Kier molecular flexibility index (Phi) is 5.43. The summed E-state index contributed by atoms with van der Waals surface area (Å²) in [4.78, 5) is 25.6. The molecule has 0 aliphatic carbocycles. The third-order valence-corrected chi connectivity index (χ3v) is 5.47. The van der Waals surface area contributed by atoms with E-state index in [2.05, 4.69) is 5.32 Å². The summed E-state index contributed by atoms with van der Waals surface area (Å²) in [7, 11) is 0. The number of likely N-dealkylation sites (tertiary alicyclic amines) is 1. The molecule has 2 atom stereocenters. The zero-order valence-corrected chi connectivity index (χ0v) is 16.3. The van der Waals surface area contributed by atoms with Gasteiger partial charge in [0, 0.05) is 36.2 Å². The topological polar surface area (TPSA) is 78.9 Å². The van der Waals surface area contributed by atoms with Gasteiger partial charge in [0.1, 0.15) is 23.8 Å². The fourth-order valence-corrected chi connectivity index (χ4v) is 3.82. The van der Waals surface area contributed by atoms with Crippen molar-refractivity contribution in [3.8, 4) is 5.75 Å². The second-order valence-corrected chi connectivity index (χ2v) is 7.69. The first-order valence-electron chi connectivity index (χ1n) is 9.42. The zero-order chi connectivity index (χ0) is 20.5. The van der Waals surface area contributed by atoms with E-state index in [9.17, 15) is 19.1 Å². The van der Waals surface area contributed by atoms with E-state index in [0.717, 1.165) is 17.3 Å². The molecule has 4 rings (SSSR count). The predicted molar refractivity (Wildman–Crippen MR) is 106 cm³/mol. The fourth-order valence-electron chi connectivity index (χ4n) is 3.66. The molecule has 2 aromatic rings. The molecule has 0 unspecified atom stereocenters. The van der Waals surface area contributed by atoms with Crippen LogP contribution < -0.4 is 10.1 Å². The van der Waals surface area contributed by atoms with Crippen molar-refractivity contribution in [2.24, 2.45) is 0 Å². The van der Waals surface area contributed by atoms with Gasteiger partial charge in [-0.1, -0.05) is 17.7 Å². The maximum Gasteiger partial charge on any atom is 0.256 e. The van der Waals surface area contributed by atoms with Crippen LogP contribution in [0.3, 0.4) is 0 Å². The molecule has 2 aliphatic heterocycles. The number of anilines is 1. The van der Waals surface area contributed by atoms with Crippen molar-refractivity contribution < 1.29 is 23.8 Å². The van der Waals surface area contributed by atoms with E-state index in [1.807, 2.05) is 12.1 Å². The van der Waals surface area contributed by atoms with Gasteiger partial charge in [-0.3, -0.25) is 9.59 Å². The Morgan fingerprint density at radius 1 is 1.24 bits per heavy atom. The molecule has 8 heteroatoms. The van der Waals surface area contributed by atoms with Gasteiger partial charge in [0.25, 0.3) is 5.91 Å². The Morgan fingerprint density at radius 3 is 2.83 bits per heavy atom. The number of aryl methyl sites for hydroxylation is 1. The molecule has 2 aliphatic rings. The first-order chi connectivity index (χ1) is 13.9. The minimum absolute atomic E-state index is 0.0315. The summed E-state index contributed by atoms with van der Waals surface area (Å²) in [6.45, 7) is 0.359. The third-order valence-electron chi connectivity index (χ3n) is 5.23. The molecule has 2 N–H and O–H groups in total. The maximum atomic E-state index is 14.0. The first kappa shape index (κ1) is 19.7. The second kappa shape index (κ2) is 8.00.